The summed E-state index contributed by atoms with van der Waals surface area (Å²) in [6, 6.07) is 16.9. The van der Waals surface area contributed by atoms with E-state index in [0.29, 0.717) is 6.04 Å². The fourth-order valence-electron chi connectivity index (χ4n) is 1.97. The Morgan fingerprint density at radius 2 is 1.89 bits per heavy atom. The van der Waals surface area contributed by atoms with Gasteiger partial charge in [0, 0.05) is 16.2 Å². The van der Waals surface area contributed by atoms with Crippen LogP contribution in [0.25, 0.3) is 0 Å². The van der Waals surface area contributed by atoms with Crippen LogP contribution in [0.4, 0.5) is 5.69 Å². The molecule has 0 bridgehead atoms. The van der Waals surface area contributed by atoms with Crippen LogP contribution in [-0.4, -0.2) is 6.04 Å². The number of hydrogen-bond acceptors (Lipinski definition) is 1. The second-order valence-corrected chi connectivity index (χ2v) is 5.96. The van der Waals surface area contributed by atoms with Gasteiger partial charge in [0.15, 0.2) is 0 Å². The molecule has 2 aromatic rings. The van der Waals surface area contributed by atoms with Crippen LogP contribution in [-0.2, 0) is 6.42 Å². The average molecular weight is 339 g/mol. The zero-order valence-electron chi connectivity index (χ0n) is 10.9. The Morgan fingerprint density at radius 3 is 2.58 bits per heavy atom. The van der Waals surface area contributed by atoms with Crippen molar-refractivity contribution in [2.45, 2.75) is 25.8 Å². The first-order valence-electron chi connectivity index (χ1n) is 6.40. The SMILES string of the molecule is CC(CCc1ccccc1)Nc1ccc(Br)c(Cl)c1. The van der Waals surface area contributed by atoms with Crippen molar-refractivity contribution < 1.29 is 0 Å². The molecule has 0 heterocycles. The summed E-state index contributed by atoms with van der Waals surface area (Å²) < 4.78 is 0.927. The van der Waals surface area contributed by atoms with E-state index in [2.05, 4.69) is 58.5 Å². The molecule has 19 heavy (non-hydrogen) atoms. The Morgan fingerprint density at radius 1 is 1.16 bits per heavy atom. The Balaban J connectivity index is 1.87. The summed E-state index contributed by atoms with van der Waals surface area (Å²) in [6.07, 6.45) is 2.18. The Bertz CT molecular complexity index is 528. The largest absolute Gasteiger partial charge is 0.383 e. The summed E-state index contributed by atoms with van der Waals surface area (Å²) in [5, 5.41) is 4.21. The molecule has 0 radical (unpaired) electrons. The summed E-state index contributed by atoms with van der Waals surface area (Å²) in [5.41, 5.74) is 2.44. The molecule has 0 fully saturated rings. The molecule has 1 unspecified atom stereocenters. The van der Waals surface area contributed by atoms with E-state index < -0.39 is 0 Å². The number of hydrogen-bond donors (Lipinski definition) is 1. The molecule has 1 atom stereocenters. The van der Waals surface area contributed by atoms with Crippen molar-refractivity contribution in [1.82, 2.24) is 0 Å². The summed E-state index contributed by atoms with van der Waals surface area (Å²) in [6.45, 7) is 2.19. The molecule has 2 rings (SSSR count). The smallest absolute Gasteiger partial charge is 0.0568 e. The first kappa shape index (κ1) is 14.4. The topological polar surface area (TPSA) is 12.0 Å². The Kier molecular flexibility index (Phi) is 5.29. The fraction of sp³-hybridized carbons (Fsp3) is 0.250. The summed E-state index contributed by atoms with van der Waals surface area (Å²) in [5.74, 6) is 0. The molecule has 1 nitrogen and oxygen atoms in total. The number of benzene rings is 2. The zero-order valence-corrected chi connectivity index (χ0v) is 13.2. The third-order valence-electron chi connectivity index (χ3n) is 3.04. The van der Waals surface area contributed by atoms with Gasteiger partial charge >= 0.3 is 0 Å². The van der Waals surface area contributed by atoms with Gasteiger partial charge in [0.25, 0.3) is 0 Å². The minimum Gasteiger partial charge on any atom is -0.383 e. The average Bonchev–Trinajstić information content (AvgIpc) is 2.42. The maximum atomic E-state index is 6.08. The van der Waals surface area contributed by atoms with E-state index >= 15 is 0 Å². The lowest BCUT2D eigenvalue weighted by molar-refractivity contribution is 0.706. The fourth-order valence-corrected chi connectivity index (χ4v) is 2.40. The maximum Gasteiger partial charge on any atom is 0.0568 e. The first-order valence-corrected chi connectivity index (χ1v) is 7.58. The maximum absolute atomic E-state index is 6.08. The van der Waals surface area contributed by atoms with Gasteiger partial charge in [-0.1, -0.05) is 41.9 Å². The number of nitrogens with one attached hydrogen (secondary N) is 1. The van der Waals surface area contributed by atoms with Crippen LogP contribution in [0.5, 0.6) is 0 Å². The minimum absolute atomic E-state index is 0.414. The third kappa shape index (κ3) is 4.55. The van der Waals surface area contributed by atoms with Gasteiger partial charge in [-0.3, -0.25) is 0 Å². The second kappa shape index (κ2) is 6.97. The van der Waals surface area contributed by atoms with E-state index in [1.165, 1.54) is 5.56 Å². The number of aryl methyl sites for hydroxylation is 1. The third-order valence-corrected chi connectivity index (χ3v) is 4.27. The minimum atomic E-state index is 0.414. The molecule has 0 aliphatic rings. The molecular formula is C16H17BrClN. The lowest BCUT2D eigenvalue weighted by Crippen LogP contribution is -2.15. The predicted octanol–water partition coefficient (Wildman–Crippen LogP) is 5.54. The highest BCUT2D eigenvalue weighted by molar-refractivity contribution is 9.10. The van der Waals surface area contributed by atoms with Gasteiger partial charge < -0.3 is 5.32 Å². The van der Waals surface area contributed by atoms with E-state index in [1.54, 1.807) is 0 Å². The van der Waals surface area contributed by atoms with Gasteiger partial charge in [0.1, 0.15) is 0 Å². The monoisotopic (exact) mass is 337 g/mol. The van der Waals surface area contributed by atoms with Crippen molar-refractivity contribution in [2.24, 2.45) is 0 Å². The molecule has 0 aromatic heterocycles. The number of anilines is 1. The van der Waals surface area contributed by atoms with Crippen molar-refractivity contribution in [1.29, 1.82) is 0 Å². The highest BCUT2D eigenvalue weighted by Crippen LogP contribution is 2.26. The van der Waals surface area contributed by atoms with Gasteiger partial charge in [0.2, 0.25) is 0 Å². The van der Waals surface area contributed by atoms with Gasteiger partial charge in [-0.2, -0.15) is 0 Å². The molecule has 0 saturated carbocycles. The zero-order chi connectivity index (χ0) is 13.7. The first-order chi connectivity index (χ1) is 9.15. The Labute approximate surface area is 128 Å². The number of halogens is 2. The molecule has 1 N–H and O–H groups in total. The Hall–Kier alpha value is -0.990. The van der Waals surface area contributed by atoms with E-state index in [9.17, 15) is 0 Å². The van der Waals surface area contributed by atoms with Crippen LogP contribution < -0.4 is 5.32 Å². The van der Waals surface area contributed by atoms with Crippen LogP contribution in [0.1, 0.15) is 18.9 Å². The van der Waals surface area contributed by atoms with Crippen LogP contribution >= 0.6 is 27.5 Å². The lowest BCUT2D eigenvalue weighted by Gasteiger charge is -2.15. The van der Waals surface area contributed by atoms with E-state index in [0.717, 1.165) is 28.0 Å². The molecule has 0 spiro atoms. The van der Waals surface area contributed by atoms with Crippen molar-refractivity contribution >= 4 is 33.2 Å². The quantitative estimate of drug-likeness (QED) is 0.755. The van der Waals surface area contributed by atoms with Gasteiger partial charge in [-0.05, 0) is 59.5 Å². The van der Waals surface area contributed by atoms with Crippen LogP contribution in [0, 0.1) is 0 Å². The molecule has 2 aromatic carbocycles. The molecule has 0 aliphatic carbocycles. The van der Waals surface area contributed by atoms with Crippen molar-refractivity contribution in [3.63, 3.8) is 0 Å². The molecule has 0 aliphatic heterocycles. The second-order valence-electron chi connectivity index (χ2n) is 4.70. The standard InChI is InChI=1S/C16H17BrClN/c1-12(7-8-13-5-3-2-4-6-13)19-14-9-10-15(17)16(18)11-14/h2-6,9-12,19H,7-8H2,1H3. The molecular weight excluding hydrogens is 322 g/mol. The van der Waals surface area contributed by atoms with Crippen LogP contribution in [0.15, 0.2) is 53.0 Å². The van der Waals surface area contributed by atoms with Crippen LogP contribution in [0.2, 0.25) is 5.02 Å². The van der Waals surface area contributed by atoms with E-state index in [1.807, 2.05) is 18.2 Å². The predicted molar refractivity (Wildman–Crippen MR) is 87.0 cm³/mol. The normalized spacial score (nSPS) is 12.2. The van der Waals surface area contributed by atoms with E-state index in [-0.39, 0.29) is 0 Å². The van der Waals surface area contributed by atoms with Gasteiger partial charge in [0.05, 0.1) is 5.02 Å². The molecule has 100 valence electrons. The van der Waals surface area contributed by atoms with E-state index in [4.69, 9.17) is 11.6 Å². The highest BCUT2D eigenvalue weighted by atomic mass is 79.9. The van der Waals surface area contributed by atoms with Crippen molar-refractivity contribution in [2.75, 3.05) is 5.32 Å². The summed E-state index contributed by atoms with van der Waals surface area (Å²) in [7, 11) is 0. The molecule has 0 saturated heterocycles. The lowest BCUT2D eigenvalue weighted by atomic mass is 10.1. The number of rotatable bonds is 5. The highest BCUT2D eigenvalue weighted by Gasteiger charge is 2.04. The summed E-state index contributed by atoms with van der Waals surface area (Å²) in [4.78, 5) is 0. The van der Waals surface area contributed by atoms with Gasteiger partial charge in [-0.15, -0.1) is 0 Å². The summed E-state index contributed by atoms with van der Waals surface area (Å²) >= 11 is 9.48. The van der Waals surface area contributed by atoms with Crippen molar-refractivity contribution in [3.05, 3.63) is 63.6 Å². The van der Waals surface area contributed by atoms with Crippen LogP contribution in [0.3, 0.4) is 0 Å². The molecule has 3 heteroatoms. The molecule has 0 amide bonds. The van der Waals surface area contributed by atoms with Crippen molar-refractivity contribution in [3.8, 4) is 0 Å². The van der Waals surface area contributed by atoms with Gasteiger partial charge in [-0.25, -0.2) is 0 Å².